The summed E-state index contributed by atoms with van der Waals surface area (Å²) in [4.78, 5) is 11.3. The molecule has 0 unspecified atom stereocenters. The molecule has 18 heavy (non-hydrogen) atoms. The lowest BCUT2D eigenvalue weighted by atomic mass is 10.2. The van der Waals surface area contributed by atoms with E-state index in [9.17, 15) is 4.79 Å². The molecule has 1 rings (SSSR count). The molecule has 0 bridgehead atoms. The second-order valence-corrected chi connectivity index (χ2v) is 3.87. The quantitative estimate of drug-likeness (QED) is 0.836. The van der Waals surface area contributed by atoms with E-state index in [1.54, 1.807) is 18.2 Å². The summed E-state index contributed by atoms with van der Waals surface area (Å²) in [7, 11) is 3.05. The van der Waals surface area contributed by atoms with Gasteiger partial charge in [0.05, 0.1) is 19.2 Å². The molecule has 0 aliphatic rings. The van der Waals surface area contributed by atoms with E-state index < -0.39 is 0 Å². The predicted octanol–water partition coefficient (Wildman–Crippen LogP) is 2.51. The zero-order chi connectivity index (χ0) is 13.5. The van der Waals surface area contributed by atoms with Crippen molar-refractivity contribution in [3.05, 3.63) is 28.8 Å². The van der Waals surface area contributed by atoms with E-state index in [1.807, 2.05) is 6.92 Å². The summed E-state index contributed by atoms with van der Waals surface area (Å²) in [6, 6.07) is 3.46. The molecule has 5 heteroatoms. The van der Waals surface area contributed by atoms with Gasteiger partial charge >= 0.3 is 0 Å². The number of carbonyl (C=O) groups excluding carboxylic acids is 1. The molecular formula is C13H16ClNO3. The highest BCUT2D eigenvalue weighted by molar-refractivity contribution is 6.32. The van der Waals surface area contributed by atoms with Gasteiger partial charge in [-0.25, -0.2) is 0 Å². The Kier molecular flexibility index (Phi) is 5.52. The normalized spacial score (nSPS) is 10.4. The SMILES string of the molecule is CCNC(=O)C=Cc1cc(Cl)c(OC)c(OC)c1. The highest BCUT2D eigenvalue weighted by Gasteiger charge is 2.09. The Balaban J connectivity index is 2.98. The fraction of sp³-hybridized carbons (Fsp3) is 0.308. The summed E-state index contributed by atoms with van der Waals surface area (Å²) < 4.78 is 10.3. The molecule has 0 aromatic heterocycles. The molecule has 0 heterocycles. The topological polar surface area (TPSA) is 47.6 Å². The largest absolute Gasteiger partial charge is 0.493 e. The molecule has 1 aromatic rings. The lowest BCUT2D eigenvalue weighted by Gasteiger charge is -2.10. The first-order valence-electron chi connectivity index (χ1n) is 5.49. The van der Waals surface area contributed by atoms with Crippen LogP contribution in [0.25, 0.3) is 6.08 Å². The molecule has 0 radical (unpaired) electrons. The standard InChI is InChI=1S/C13H16ClNO3/c1-4-15-12(16)6-5-9-7-10(14)13(18-3)11(8-9)17-2/h5-8H,4H2,1-3H3,(H,15,16). The van der Waals surface area contributed by atoms with Crippen LogP contribution in [0.5, 0.6) is 11.5 Å². The molecule has 0 aliphatic heterocycles. The zero-order valence-electron chi connectivity index (χ0n) is 10.6. The van der Waals surface area contributed by atoms with Crippen LogP contribution in [0.4, 0.5) is 0 Å². The third-order valence-electron chi connectivity index (χ3n) is 2.23. The van der Waals surface area contributed by atoms with E-state index in [-0.39, 0.29) is 5.91 Å². The van der Waals surface area contributed by atoms with Gasteiger partial charge in [0.1, 0.15) is 0 Å². The van der Waals surface area contributed by atoms with Crippen LogP contribution in [0.15, 0.2) is 18.2 Å². The van der Waals surface area contributed by atoms with Crippen molar-refractivity contribution in [2.24, 2.45) is 0 Å². The fourth-order valence-corrected chi connectivity index (χ4v) is 1.74. The first-order chi connectivity index (χ1) is 8.62. The van der Waals surface area contributed by atoms with Gasteiger partial charge in [-0.2, -0.15) is 0 Å². The summed E-state index contributed by atoms with van der Waals surface area (Å²) in [5.74, 6) is 0.860. The van der Waals surface area contributed by atoms with Gasteiger partial charge in [-0.15, -0.1) is 0 Å². The van der Waals surface area contributed by atoms with Crippen molar-refractivity contribution >= 4 is 23.6 Å². The molecule has 1 N–H and O–H groups in total. The Morgan fingerprint density at radius 1 is 1.39 bits per heavy atom. The average Bonchev–Trinajstić information content (AvgIpc) is 2.36. The number of nitrogens with one attached hydrogen (secondary N) is 1. The number of benzene rings is 1. The van der Waals surface area contributed by atoms with Crippen LogP contribution >= 0.6 is 11.6 Å². The van der Waals surface area contributed by atoms with Gasteiger partial charge in [0.15, 0.2) is 11.5 Å². The van der Waals surface area contributed by atoms with Gasteiger partial charge in [0.2, 0.25) is 5.91 Å². The number of hydrogen-bond acceptors (Lipinski definition) is 3. The molecule has 0 saturated carbocycles. The van der Waals surface area contributed by atoms with Crippen molar-refractivity contribution in [2.45, 2.75) is 6.92 Å². The maximum atomic E-state index is 11.3. The molecule has 0 spiro atoms. The van der Waals surface area contributed by atoms with E-state index in [1.165, 1.54) is 20.3 Å². The second kappa shape index (κ2) is 6.91. The maximum absolute atomic E-state index is 11.3. The molecule has 0 atom stereocenters. The lowest BCUT2D eigenvalue weighted by Crippen LogP contribution is -2.19. The van der Waals surface area contributed by atoms with Gasteiger partial charge in [0, 0.05) is 12.6 Å². The molecular weight excluding hydrogens is 254 g/mol. The van der Waals surface area contributed by atoms with Crippen molar-refractivity contribution in [2.75, 3.05) is 20.8 Å². The predicted molar refractivity (Wildman–Crippen MR) is 72.3 cm³/mol. The average molecular weight is 270 g/mol. The van der Waals surface area contributed by atoms with Gasteiger partial charge in [0.25, 0.3) is 0 Å². The third-order valence-corrected chi connectivity index (χ3v) is 2.51. The van der Waals surface area contributed by atoms with E-state index >= 15 is 0 Å². The van der Waals surface area contributed by atoms with Crippen LogP contribution in [0, 0.1) is 0 Å². The van der Waals surface area contributed by atoms with Crippen molar-refractivity contribution < 1.29 is 14.3 Å². The minimum Gasteiger partial charge on any atom is -0.493 e. The molecule has 0 aliphatic carbocycles. The summed E-state index contributed by atoms with van der Waals surface area (Å²) in [6.45, 7) is 2.45. The highest BCUT2D eigenvalue weighted by atomic mass is 35.5. The molecule has 0 fully saturated rings. The van der Waals surface area contributed by atoms with Crippen molar-refractivity contribution in [3.8, 4) is 11.5 Å². The number of carbonyl (C=O) groups is 1. The van der Waals surface area contributed by atoms with Crippen LogP contribution in [0.1, 0.15) is 12.5 Å². The van der Waals surface area contributed by atoms with Gasteiger partial charge < -0.3 is 14.8 Å². The zero-order valence-corrected chi connectivity index (χ0v) is 11.4. The number of halogens is 1. The Labute approximate surface area is 112 Å². The first kappa shape index (κ1) is 14.4. The van der Waals surface area contributed by atoms with Crippen LogP contribution in [0.3, 0.4) is 0 Å². The second-order valence-electron chi connectivity index (χ2n) is 3.47. The number of rotatable bonds is 5. The van der Waals surface area contributed by atoms with Crippen molar-refractivity contribution in [1.29, 1.82) is 0 Å². The molecule has 1 amide bonds. The lowest BCUT2D eigenvalue weighted by molar-refractivity contribution is -0.116. The highest BCUT2D eigenvalue weighted by Crippen LogP contribution is 2.36. The Morgan fingerprint density at radius 2 is 2.11 bits per heavy atom. The van der Waals surface area contributed by atoms with Gasteiger partial charge in [-0.1, -0.05) is 11.6 Å². The number of methoxy groups -OCH3 is 2. The van der Waals surface area contributed by atoms with Crippen LogP contribution < -0.4 is 14.8 Å². The maximum Gasteiger partial charge on any atom is 0.243 e. The smallest absolute Gasteiger partial charge is 0.243 e. The first-order valence-corrected chi connectivity index (χ1v) is 5.87. The van der Waals surface area contributed by atoms with Crippen molar-refractivity contribution in [1.82, 2.24) is 5.32 Å². The minimum absolute atomic E-state index is 0.150. The van der Waals surface area contributed by atoms with E-state index in [0.29, 0.717) is 23.1 Å². The van der Waals surface area contributed by atoms with Gasteiger partial charge in [-0.05, 0) is 30.7 Å². The van der Waals surface area contributed by atoms with E-state index in [4.69, 9.17) is 21.1 Å². The molecule has 98 valence electrons. The number of likely N-dealkylation sites (N-methyl/N-ethyl adjacent to an activating group) is 1. The van der Waals surface area contributed by atoms with Crippen LogP contribution in [0.2, 0.25) is 5.02 Å². The fourth-order valence-electron chi connectivity index (χ4n) is 1.44. The Hall–Kier alpha value is -1.68. The summed E-state index contributed by atoms with van der Waals surface area (Å²) in [5.41, 5.74) is 0.768. The molecule has 0 saturated heterocycles. The summed E-state index contributed by atoms with van der Waals surface area (Å²) >= 11 is 6.05. The number of amides is 1. The van der Waals surface area contributed by atoms with Crippen LogP contribution in [-0.2, 0) is 4.79 Å². The summed E-state index contributed by atoms with van der Waals surface area (Å²) in [6.07, 6.45) is 3.11. The van der Waals surface area contributed by atoms with E-state index in [2.05, 4.69) is 5.32 Å². The van der Waals surface area contributed by atoms with Crippen LogP contribution in [-0.4, -0.2) is 26.7 Å². The molecule has 1 aromatic carbocycles. The monoisotopic (exact) mass is 269 g/mol. The minimum atomic E-state index is -0.150. The number of hydrogen-bond donors (Lipinski definition) is 1. The summed E-state index contributed by atoms with van der Waals surface area (Å²) in [5, 5.41) is 3.10. The third kappa shape index (κ3) is 3.67. The van der Waals surface area contributed by atoms with E-state index in [0.717, 1.165) is 5.56 Å². The Bertz CT molecular complexity index is 458. The number of ether oxygens (including phenoxy) is 2. The van der Waals surface area contributed by atoms with Crippen molar-refractivity contribution in [3.63, 3.8) is 0 Å². The molecule has 4 nitrogen and oxygen atoms in total. The Morgan fingerprint density at radius 3 is 2.67 bits per heavy atom. The van der Waals surface area contributed by atoms with Gasteiger partial charge in [-0.3, -0.25) is 4.79 Å².